The molecule has 2 aliphatic rings. The minimum atomic E-state index is -0.193. The van der Waals surface area contributed by atoms with Gasteiger partial charge in [0.1, 0.15) is 5.75 Å². The van der Waals surface area contributed by atoms with E-state index in [1.54, 1.807) is 17.8 Å². The van der Waals surface area contributed by atoms with Crippen LogP contribution < -0.4 is 0 Å². The molecule has 4 rings (SSSR count). The van der Waals surface area contributed by atoms with Crippen LogP contribution in [0, 0.1) is 13.8 Å². The predicted octanol–water partition coefficient (Wildman–Crippen LogP) is 2.70. The van der Waals surface area contributed by atoms with E-state index in [0.29, 0.717) is 6.54 Å². The number of nitrogens with zero attached hydrogens (tertiary/aromatic N) is 5. The standard InChI is InChI=1S/C24H33N5O2S/c1-17-13-18(2)26-24(25-17)32-20-14-21(23(31)28-10-6-9-27(3)11-12-28)29(16-20)15-19-7-4-5-8-22(19)30/h4-5,7-8,13,20-21,30H,6,9-12,14-16H2,1-3H3/t20-,21+/m1/s1. The van der Waals surface area contributed by atoms with Crippen LogP contribution in [0.15, 0.2) is 35.5 Å². The number of likely N-dealkylation sites (N-methyl/N-ethyl adjacent to an activating group) is 1. The number of phenols is 1. The van der Waals surface area contributed by atoms with Gasteiger partial charge in [-0.15, -0.1) is 0 Å². The van der Waals surface area contributed by atoms with Crippen LogP contribution in [0.5, 0.6) is 5.75 Å². The van der Waals surface area contributed by atoms with Crippen LogP contribution in [0.4, 0.5) is 0 Å². The van der Waals surface area contributed by atoms with Gasteiger partial charge in [-0.25, -0.2) is 9.97 Å². The van der Waals surface area contributed by atoms with Gasteiger partial charge >= 0.3 is 0 Å². The number of hydrogen-bond donors (Lipinski definition) is 1. The molecule has 32 heavy (non-hydrogen) atoms. The molecule has 7 nitrogen and oxygen atoms in total. The number of likely N-dealkylation sites (tertiary alicyclic amines) is 1. The normalized spacial score (nSPS) is 22.8. The fraction of sp³-hybridized carbons (Fsp3) is 0.542. The van der Waals surface area contributed by atoms with Crippen molar-refractivity contribution in [2.75, 3.05) is 39.8 Å². The number of carbonyl (C=O) groups excluding carboxylic acids is 1. The van der Waals surface area contributed by atoms with E-state index in [4.69, 9.17) is 0 Å². The quantitative estimate of drug-likeness (QED) is 0.695. The average molecular weight is 456 g/mol. The number of aromatic hydroxyl groups is 1. The summed E-state index contributed by atoms with van der Waals surface area (Å²) >= 11 is 1.67. The first-order valence-electron chi connectivity index (χ1n) is 11.4. The average Bonchev–Trinajstić information content (AvgIpc) is 2.99. The minimum absolute atomic E-state index is 0.193. The van der Waals surface area contributed by atoms with Crippen molar-refractivity contribution in [3.05, 3.63) is 47.3 Å². The Hall–Kier alpha value is -2.16. The Balaban J connectivity index is 1.53. The van der Waals surface area contributed by atoms with Gasteiger partial charge < -0.3 is 14.9 Å². The Morgan fingerprint density at radius 3 is 2.62 bits per heavy atom. The van der Waals surface area contributed by atoms with Crippen LogP contribution in [0.2, 0.25) is 0 Å². The molecule has 2 saturated heterocycles. The number of benzene rings is 1. The zero-order chi connectivity index (χ0) is 22.7. The molecule has 0 spiro atoms. The Labute approximate surface area is 194 Å². The lowest BCUT2D eigenvalue weighted by molar-refractivity contribution is -0.136. The molecule has 1 aromatic carbocycles. The zero-order valence-electron chi connectivity index (χ0n) is 19.2. The number of para-hydroxylation sites is 1. The number of carbonyl (C=O) groups is 1. The molecule has 2 aromatic rings. The van der Waals surface area contributed by atoms with Crippen molar-refractivity contribution in [1.82, 2.24) is 24.7 Å². The van der Waals surface area contributed by atoms with Crippen molar-refractivity contribution >= 4 is 17.7 Å². The van der Waals surface area contributed by atoms with E-state index in [1.807, 2.05) is 43.0 Å². The molecular formula is C24H33N5O2S. The number of aryl methyl sites for hydroxylation is 2. The summed E-state index contributed by atoms with van der Waals surface area (Å²) in [5.41, 5.74) is 2.78. The summed E-state index contributed by atoms with van der Waals surface area (Å²) in [6.45, 7) is 8.81. The summed E-state index contributed by atoms with van der Waals surface area (Å²) in [7, 11) is 2.12. The maximum atomic E-state index is 13.6. The van der Waals surface area contributed by atoms with E-state index in [9.17, 15) is 9.90 Å². The van der Waals surface area contributed by atoms with Gasteiger partial charge in [-0.3, -0.25) is 9.69 Å². The van der Waals surface area contributed by atoms with Gasteiger partial charge in [0.2, 0.25) is 5.91 Å². The van der Waals surface area contributed by atoms with Crippen molar-refractivity contribution in [2.45, 2.75) is 49.7 Å². The van der Waals surface area contributed by atoms with Gasteiger partial charge in [-0.2, -0.15) is 0 Å². The Morgan fingerprint density at radius 2 is 1.88 bits per heavy atom. The second kappa shape index (κ2) is 10.2. The molecule has 0 radical (unpaired) electrons. The smallest absolute Gasteiger partial charge is 0.240 e. The molecule has 0 unspecified atom stereocenters. The van der Waals surface area contributed by atoms with Crippen molar-refractivity contribution < 1.29 is 9.90 Å². The molecule has 0 bridgehead atoms. The molecule has 1 N–H and O–H groups in total. The molecule has 0 aliphatic carbocycles. The molecule has 2 aliphatic heterocycles. The molecule has 1 amide bonds. The van der Waals surface area contributed by atoms with E-state index in [-0.39, 0.29) is 22.9 Å². The van der Waals surface area contributed by atoms with E-state index >= 15 is 0 Å². The summed E-state index contributed by atoms with van der Waals surface area (Å²) in [5, 5.41) is 11.3. The molecular weight excluding hydrogens is 422 g/mol. The third-order valence-electron chi connectivity index (χ3n) is 6.28. The third kappa shape index (κ3) is 5.60. The highest BCUT2D eigenvalue weighted by atomic mass is 32.2. The number of amides is 1. The lowest BCUT2D eigenvalue weighted by Crippen LogP contribution is -2.46. The molecule has 8 heteroatoms. The maximum absolute atomic E-state index is 13.6. The maximum Gasteiger partial charge on any atom is 0.240 e. The van der Waals surface area contributed by atoms with Gasteiger partial charge in [0.25, 0.3) is 0 Å². The topological polar surface area (TPSA) is 72.8 Å². The minimum Gasteiger partial charge on any atom is -0.508 e. The number of thioether (sulfide) groups is 1. The fourth-order valence-electron chi connectivity index (χ4n) is 4.61. The predicted molar refractivity (Wildman–Crippen MR) is 127 cm³/mol. The molecule has 0 saturated carbocycles. The van der Waals surface area contributed by atoms with Gasteiger partial charge in [0.15, 0.2) is 5.16 Å². The third-order valence-corrected chi connectivity index (χ3v) is 7.35. The number of rotatable bonds is 5. The first-order chi connectivity index (χ1) is 15.4. The van der Waals surface area contributed by atoms with E-state index in [2.05, 4.69) is 26.8 Å². The summed E-state index contributed by atoms with van der Waals surface area (Å²) in [4.78, 5) is 29.4. The first kappa shape index (κ1) is 23.0. The Morgan fingerprint density at radius 1 is 1.12 bits per heavy atom. The Bertz CT molecular complexity index is 935. The number of hydrogen-bond acceptors (Lipinski definition) is 7. The molecule has 3 heterocycles. The van der Waals surface area contributed by atoms with Crippen LogP contribution in [0.3, 0.4) is 0 Å². The van der Waals surface area contributed by atoms with Crippen LogP contribution in [0.1, 0.15) is 29.8 Å². The van der Waals surface area contributed by atoms with E-state index in [0.717, 1.165) is 67.7 Å². The number of phenolic OH excluding ortho intramolecular Hbond substituents is 1. The van der Waals surface area contributed by atoms with E-state index < -0.39 is 0 Å². The van der Waals surface area contributed by atoms with Gasteiger partial charge in [-0.05, 0) is 52.4 Å². The van der Waals surface area contributed by atoms with Crippen molar-refractivity contribution in [2.24, 2.45) is 0 Å². The lowest BCUT2D eigenvalue weighted by Gasteiger charge is -2.29. The summed E-state index contributed by atoms with van der Waals surface area (Å²) < 4.78 is 0. The van der Waals surface area contributed by atoms with Gasteiger partial charge in [0.05, 0.1) is 6.04 Å². The largest absolute Gasteiger partial charge is 0.508 e. The molecule has 2 fully saturated rings. The van der Waals surface area contributed by atoms with Gasteiger partial charge in [-0.1, -0.05) is 30.0 Å². The SMILES string of the molecule is Cc1cc(C)nc(S[C@@H]2C[C@@H](C(=O)N3CCCN(C)CC3)N(Cc3ccccc3O)C2)n1. The van der Waals surface area contributed by atoms with Crippen LogP contribution in [-0.4, -0.2) is 86.7 Å². The molecule has 2 atom stereocenters. The van der Waals surface area contributed by atoms with Crippen molar-refractivity contribution in [3.63, 3.8) is 0 Å². The van der Waals surface area contributed by atoms with E-state index in [1.165, 1.54) is 0 Å². The van der Waals surface area contributed by atoms with Crippen LogP contribution in [-0.2, 0) is 11.3 Å². The fourth-order valence-corrected chi connectivity index (χ4v) is 5.85. The van der Waals surface area contributed by atoms with Crippen molar-refractivity contribution in [3.8, 4) is 5.75 Å². The van der Waals surface area contributed by atoms with Crippen molar-refractivity contribution in [1.29, 1.82) is 0 Å². The highest BCUT2D eigenvalue weighted by Gasteiger charge is 2.40. The Kier molecular flexibility index (Phi) is 7.33. The van der Waals surface area contributed by atoms with Gasteiger partial charge in [0, 0.05) is 54.9 Å². The highest BCUT2D eigenvalue weighted by molar-refractivity contribution is 7.99. The lowest BCUT2D eigenvalue weighted by atomic mass is 10.1. The second-order valence-electron chi connectivity index (χ2n) is 8.96. The monoisotopic (exact) mass is 455 g/mol. The van der Waals surface area contributed by atoms with Crippen LogP contribution in [0.25, 0.3) is 0 Å². The summed E-state index contributed by atoms with van der Waals surface area (Å²) in [6, 6.07) is 9.19. The zero-order valence-corrected chi connectivity index (χ0v) is 20.0. The summed E-state index contributed by atoms with van der Waals surface area (Å²) in [6.07, 6.45) is 1.77. The summed E-state index contributed by atoms with van der Waals surface area (Å²) in [5.74, 6) is 0.490. The van der Waals surface area contributed by atoms with Crippen LogP contribution >= 0.6 is 11.8 Å². The molecule has 1 aromatic heterocycles. The second-order valence-corrected chi connectivity index (χ2v) is 10.2. The highest BCUT2D eigenvalue weighted by Crippen LogP contribution is 2.34. The first-order valence-corrected chi connectivity index (χ1v) is 12.2. The number of aromatic nitrogens is 2. The molecule has 172 valence electrons.